The number of rotatable bonds is 7. The van der Waals surface area contributed by atoms with Crippen LogP contribution in [0.1, 0.15) is 36.6 Å². The SMILES string of the molecule is COc1ccc(NC(=O)COC(=O)c2ccc3c(c2)C(=O)N(c2ccccc2C)C3=O)cc1OC. The van der Waals surface area contributed by atoms with Crippen LogP contribution >= 0.6 is 0 Å². The molecule has 3 aromatic rings. The molecule has 0 saturated carbocycles. The van der Waals surface area contributed by atoms with Gasteiger partial charge in [-0.25, -0.2) is 9.69 Å². The molecule has 1 aliphatic heterocycles. The number of amides is 3. The number of hydrogen-bond acceptors (Lipinski definition) is 7. The summed E-state index contributed by atoms with van der Waals surface area (Å²) in [6, 6.07) is 16.0. The van der Waals surface area contributed by atoms with Crippen molar-refractivity contribution in [2.75, 3.05) is 31.0 Å². The number of imide groups is 1. The molecular weight excluding hydrogens is 452 g/mol. The van der Waals surface area contributed by atoms with E-state index < -0.39 is 30.3 Å². The number of carbonyl (C=O) groups excluding carboxylic acids is 4. The van der Waals surface area contributed by atoms with Crippen LogP contribution < -0.4 is 19.7 Å². The lowest BCUT2D eigenvalue weighted by atomic mass is 10.1. The highest BCUT2D eigenvalue weighted by molar-refractivity contribution is 6.35. The maximum atomic E-state index is 13.0. The van der Waals surface area contributed by atoms with Gasteiger partial charge in [0.15, 0.2) is 18.1 Å². The van der Waals surface area contributed by atoms with Gasteiger partial charge in [-0.2, -0.15) is 0 Å². The molecule has 3 amide bonds. The fraction of sp³-hybridized carbons (Fsp3) is 0.154. The number of hydrogen-bond donors (Lipinski definition) is 1. The van der Waals surface area contributed by atoms with Crippen molar-refractivity contribution in [3.8, 4) is 11.5 Å². The van der Waals surface area contributed by atoms with Gasteiger partial charge in [0.05, 0.1) is 36.6 Å². The first kappa shape index (κ1) is 23.5. The van der Waals surface area contributed by atoms with E-state index in [4.69, 9.17) is 14.2 Å². The molecule has 0 unspecified atom stereocenters. The second kappa shape index (κ2) is 9.68. The van der Waals surface area contributed by atoms with Crippen LogP contribution in [0.25, 0.3) is 0 Å². The molecule has 9 nitrogen and oxygen atoms in total. The molecule has 1 heterocycles. The van der Waals surface area contributed by atoms with Crippen molar-refractivity contribution < 1.29 is 33.4 Å². The van der Waals surface area contributed by atoms with Gasteiger partial charge in [-0.05, 0) is 48.9 Å². The Kier molecular flexibility index (Phi) is 6.50. The minimum absolute atomic E-state index is 0.0513. The third-order valence-corrected chi connectivity index (χ3v) is 5.48. The van der Waals surface area contributed by atoms with Gasteiger partial charge in [0.25, 0.3) is 17.7 Å². The number of nitrogens with one attached hydrogen (secondary N) is 1. The molecule has 0 atom stereocenters. The molecule has 0 aromatic heterocycles. The molecule has 9 heteroatoms. The van der Waals surface area contributed by atoms with Crippen molar-refractivity contribution in [2.24, 2.45) is 0 Å². The lowest BCUT2D eigenvalue weighted by molar-refractivity contribution is -0.119. The fourth-order valence-corrected chi connectivity index (χ4v) is 3.73. The number of methoxy groups -OCH3 is 2. The molecule has 0 fully saturated rings. The minimum Gasteiger partial charge on any atom is -0.493 e. The molecule has 1 aliphatic rings. The Morgan fingerprint density at radius 3 is 2.29 bits per heavy atom. The van der Waals surface area contributed by atoms with Gasteiger partial charge in [0.2, 0.25) is 0 Å². The summed E-state index contributed by atoms with van der Waals surface area (Å²) >= 11 is 0. The maximum Gasteiger partial charge on any atom is 0.338 e. The van der Waals surface area contributed by atoms with E-state index >= 15 is 0 Å². The summed E-state index contributed by atoms with van der Waals surface area (Å²) in [6.45, 7) is 1.25. The van der Waals surface area contributed by atoms with Crippen LogP contribution in [0, 0.1) is 6.92 Å². The third kappa shape index (κ3) is 4.56. The van der Waals surface area contributed by atoms with Crippen molar-refractivity contribution in [3.05, 3.63) is 82.9 Å². The van der Waals surface area contributed by atoms with Crippen molar-refractivity contribution in [1.29, 1.82) is 0 Å². The highest BCUT2D eigenvalue weighted by Gasteiger charge is 2.37. The lowest BCUT2D eigenvalue weighted by Gasteiger charge is -2.16. The molecule has 35 heavy (non-hydrogen) atoms. The molecule has 0 bridgehead atoms. The van der Waals surface area contributed by atoms with E-state index in [0.717, 1.165) is 10.5 Å². The first-order chi connectivity index (χ1) is 16.8. The second-order valence-electron chi connectivity index (χ2n) is 7.69. The summed E-state index contributed by atoms with van der Waals surface area (Å²) < 4.78 is 15.4. The average molecular weight is 474 g/mol. The van der Waals surface area contributed by atoms with Crippen LogP contribution in [-0.2, 0) is 9.53 Å². The lowest BCUT2D eigenvalue weighted by Crippen LogP contribution is -2.29. The van der Waals surface area contributed by atoms with Gasteiger partial charge in [-0.15, -0.1) is 0 Å². The van der Waals surface area contributed by atoms with E-state index in [2.05, 4.69) is 5.32 Å². The zero-order valence-corrected chi connectivity index (χ0v) is 19.3. The van der Waals surface area contributed by atoms with Crippen molar-refractivity contribution in [1.82, 2.24) is 0 Å². The zero-order valence-electron chi connectivity index (χ0n) is 19.3. The molecule has 0 spiro atoms. The van der Waals surface area contributed by atoms with E-state index in [1.54, 1.807) is 43.3 Å². The number of aryl methyl sites for hydroxylation is 1. The van der Waals surface area contributed by atoms with Gasteiger partial charge in [0.1, 0.15) is 0 Å². The molecular formula is C26H22N2O7. The van der Waals surface area contributed by atoms with E-state index in [1.807, 2.05) is 6.07 Å². The number of carbonyl (C=O) groups is 4. The topological polar surface area (TPSA) is 111 Å². The molecule has 178 valence electrons. The number of esters is 1. The van der Waals surface area contributed by atoms with E-state index in [1.165, 1.54) is 32.4 Å². The van der Waals surface area contributed by atoms with Crippen LogP contribution in [0.15, 0.2) is 60.7 Å². The van der Waals surface area contributed by atoms with Gasteiger partial charge < -0.3 is 19.5 Å². The number of anilines is 2. The second-order valence-corrected chi connectivity index (χ2v) is 7.69. The summed E-state index contributed by atoms with van der Waals surface area (Å²) in [4.78, 5) is 51.7. The average Bonchev–Trinajstić information content (AvgIpc) is 3.11. The Morgan fingerprint density at radius 2 is 1.57 bits per heavy atom. The van der Waals surface area contributed by atoms with Crippen LogP contribution in [0.4, 0.5) is 11.4 Å². The number of fused-ring (bicyclic) bond motifs is 1. The predicted molar refractivity (Wildman–Crippen MR) is 127 cm³/mol. The van der Waals surface area contributed by atoms with Gasteiger partial charge in [0, 0.05) is 11.8 Å². The number of benzene rings is 3. The quantitative estimate of drug-likeness (QED) is 0.411. The Balaban J connectivity index is 1.43. The minimum atomic E-state index is -0.801. The highest BCUT2D eigenvalue weighted by atomic mass is 16.5. The summed E-state index contributed by atoms with van der Waals surface area (Å²) in [7, 11) is 2.97. The summed E-state index contributed by atoms with van der Waals surface area (Å²) in [5, 5.41) is 2.60. The number of nitrogens with zero attached hydrogens (tertiary/aromatic N) is 1. The molecule has 3 aromatic carbocycles. The normalized spacial score (nSPS) is 12.3. The number of para-hydroxylation sites is 1. The molecule has 4 rings (SSSR count). The Labute approximate surface area is 201 Å². The summed E-state index contributed by atoms with van der Waals surface area (Å²) in [6.07, 6.45) is 0. The largest absolute Gasteiger partial charge is 0.493 e. The Morgan fingerprint density at radius 1 is 0.857 bits per heavy atom. The van der Waals surface area contributed by atoms with Crippen LogP contribution in [0.3, 0.4) is 0 Å². The van der Waals surface area contributed by atoms with E-state index in [0.29, 0.717) is 22.9 Å². The standard InChI is InChI=1S/C26H22N2O7/c1-15-6-4-5-7-20(15)28-24(30)18-10-8-16(12-19(18)25(28)31)26(32)35-14-23(29)27-17-9-11-21(33-2)22(13-17)34-3/h4-13H,14H2,1-3H3,(H,27,29). The van der Waals surface area contributed by atoms with Crippen molar-refractivity contribution >= 4 is 35.1 Å². The Bertz CT molecular complexity index is 1350. The van der Waals surface area contributed by atoms with Crippen molar-refractivity contribution in [2.45, 2.75) is 6.92 Å². The molecule has 0 radical (unpaired) electrons. The van der Waals surface area contributed by atoms with E-state index in [-0.39, 0.29) is 16.7 Å². The molecule has 1 N–H and O–H groups in total. The molecule has 0 saturated heterocycles. The monoisotopic (exact) mass is 474 g/mol. The predicted octanol–water partition coefficient (Wildman–Crippen LogP) is 3.61. The van der Waals surface area contributed by atoms with Crippen molar-refractivity contribution in [3.63, 3.8) is 0 Å². The highest BCUT2D eigenvalue weighted by Crippen LogP contribution is 2.31. The van der Waals surface area contributed by atoms with Gasteiger partial charge >= 0.3 is 5.97 Å². The van der Waals surface area contributed by atoms with Crippen LogP contribution in [0.2, 0.25) is 0 Å². The number of ether oxygens (including phenoxy) is 3. The van der Waals surface area contributed by atoms with Crippen LogP contribution in [-0.4, -0.2) is 44.5 Å². The third-order valence-electron chi connectivity index (χ3n) is 5.48. The van der Waals surface area contributed by atoms with Crippen LogP contribution in [0.5, 0.6) is 11.5 Å². The Hall–Kier alpha value is -4.66. The summed E-state index contributed by atoms with van der Waals surface area (Å²) in [5.74, 6) is -1.43. The van der Waals surface area contributed by atoms with E-state index in [9.17, 15) is 19.2 Å². The zero-order chi connectivity index (χ0) is 25.1. The van der Waals surface area contributed by atoms with Gasteiger partial charge in [-0.1, -0.05) is 18.2 Å². The summed E-state index contributed by atoms with van der Waals surface area (Å²) in [5.41, 5.74) is 2.03. The maximum absolute atomic E-state index is 13.0. The smallest absolute Gasteiger partial charge is 0.338 e. The first-order valence-corrected chi connectivity index (χ1v) is 10.6. The fourth-order valence-electron chi connectivity index (χ4n) is 3.73. The molecule has 0 aliphatic carbocycles. The first-order valence-electron chi connectivity index (χ1n) is 10.6. The van der Waals surface area contributed by atoms with Gasteiger partial charge in [-0.3, -0.25) is 14.4 Å².